The minimum absolute atomic E-state index is 0.0232. The quantitative estimate of drug-likeness (QED) is 0.824. The number of carbonyl (C=O) groups excluding carboxylic acids is 2. The zero-order chi connectivity index (χ0) is 19.7. The molecule has 0 radical (unpaired) electrons. The van der Waals surface area contributed by atoms with E-state index < -0.39 is 5.54 Å². The van der Waals surface area contributed by atoms with Crippen LogP contribution in [0, 0.1) is 6.92 Å². The van der Waals surface area contributed by atoms with Crippen molar-refractivity contribution in [3.8, 4) is 0 Å². The predicted octanol–water partition coefficient (Wildman–Crippen LogP) is 0.464. The summed E-state index contributed by atoms with van der Waals surface area (Å²) in [5.74, 6) is 0.875. The molecule has 1 spiro atoms. The van der Waals surface area contributed by atoms with E-state index in [1.54, 1.807) is 12.5 Å². The minimum Gasteiger partial charge on any atom is -0.375 e. The number of piperidine rings is 1. The Morgan fingerprint density at radius 2 is 2.00 bits per heavy atom. The van der Waals surface area contributed by atoms with Gasteiger partial charge in [-0.2, -0.15) is 0 Å². The molecule has 28 heavy (non-hydrogen) atoms. The largest absolute Gasteiger partial charge is 0.375 e. The van der Waals surface area contributed by atoms with E-state index in [-0.39, 0.29) is 18.4 Å². The van der Waals surface area contributed by atoms with Crippen molar-refractivity contribution in [3.63, 3.8) is 0 Å². The van der Waals surface area contributed by atoms with Crippen molar-refractivity contribution < 1.29 is 14.3 Å². The number of aryl methyl sites for hydroxylation is 1. The summed E-state index contributed by atoms with van der Waals surface area (Å²) in [6.07, 6.45) is 7.34. The van der Waals surface area contributed by atoms with Gasteiger partial charge in [0, 0.05) is 51.3 Å². The second kappa shape index (κ2) is 7.38. The molecule has 0 aromatic carbocycles. The molecule has 2 aromatic heterocycles. The van der Waals surface area contributed by atoms with E-state index in [1.165, 1.54) is 7.11 Å². The van der Waals surface area contributed by atoms with Crippen molar-refractivity contribution >= 4 is 11.8 Å². The molecule has 2 aliphatic heterocycles. The molecule has 2 aliphatic rings. The Morgan fingerprint density at radius 1 is 1.21 bits per heavy atom. The van der Waals surface area contributed by atoms with Crippen LogP contribution in [0.4, 0.5) is 0 Å². The normalized spacial score (nSPS) is 18.4. The number of likely N-dealkylation sites (tertiary alicyclic amines) is 1. The van der Waals surface area contributed by atoms with Crippen LogP contribution in [0.25, 0.3) is 0 Å². The van der Waals surface area contributed by atoms with Crippen molar-refractivity contribution in [3.05, 3.63) is 35.9 Å². The lowest BCUT2D eigenvalue weighted by Gasteiger charge is -2.50. The molecule has 0 bridgehead atoms. The number of nitrogens with one attached hydrogen (secondary N) is 1. The summed E-state index contributed by atoms with van der Waals surface area (Å²) < 4.78 is 6.95. The number of aromatic amines is 1. The highest BCUT2D eigenvalue weighted by atomic mass is 16.5. The average Bonchev–Trinajstić information content (AvgIpc) is 3.33. The van der Waals surface area contributed by atoms with Crippen molar-refractivity contribution in [2.45, 2.75) is 38.3 Å². The number of carbonyl (C=O) groups is 2. The molecule has 0 saturated carbocycles. The van der Waals surface area contributed by atoms with Gasteiger partial charge in [0.25, 0.3) is 0 Å². The predicted molar refractivity (Wildman–Crippen MR) is 100 cm³/mol. The van der Waals surface area contributed by atoms with Crippen molar-refractivity contribution in [2.75, 3.05) is 33.4 Å². The fourth-order valence-corrected chi connectivity index (χ4v) is 4.49. The Bertz CT molecular complexity index is 865. The number of hydrogen-bond acceptors (Lipinski definition) is 5. The number of hydrogen-bond donors (Lipinski definition) is 1. The van der Waals surface area contributed by atoms with Crippen molar-refractivity contribution in [1.29, 1.82) is 0 Å². The number of nitrogens with zero attached hydrogens (tertiary/aromatic N) is 5. The Kier molecular flexibility index (Phi) is 4.92. The monoisotopic (exact) mass is 386 g/mol. The van der Waals surface area contributed by atoms with Crippen LogP contribution < -0.4 is 0 Å². The van der Waals surface area contributed by atoms with E-state index in [2.05, 4.69) is 15.0 Å². The summed E-state index contributed by atoms with van der Waals surface area (Å²) in [7, 11) is 1.54. The molecule has 2 amide bonds. The lowest BCUT2D eigenvalue weighted by Crippen LogP contribution is -2.59. The highest BCUT2D eigenvalue weighted by molar-refractivity contribution is 5.79. The van der Waals surface area contributed by atoms with Crippen LogP contribution in [-0.2, 0) is 32.8 Å². The summed E-state index contributed by atoms with van der Waals surface area (Å²) in [4.78, 5) is 41.3. The fourth-order valence-electron chi connectivity index (χ4n) is 4.49. The van der Waals surface area contributed by atoms with Gasteiger partial charge in [0.1, 0.15) is 19.0 Å². The van der Waals surface area contributed by atoms with Crippen molar-refractivity contribution in [2.24, 2.45) is 0 Å². The molecular formula is C19H26N6O3. The van der Waals surface area contributed by atoms with Gasteiger partial charge in [0.05, 0.1) is 17.6 Å². The molecule has 4 rings (SSSR count). The van der Waals surface area contributed by atoms with Crippen LogP contribution >= 0.6 is 0 Å². The fraction of sp³-hybridized carbons (Fsp3) is 0.579. The number of aromatic nitrogens is 4. The number of methoxy groups -OCH3 is 1. The number of fused-ring (bicyclic) bond motifs is 2. The lowest BCUT2D eigenvalue weighted by atomic mass is 9.78. The van der Waals surface area contributed by atoms with E-state index in [0.29, 0.717) is 39.0 Å². The number of H-pyrrole nitrogens is 1. The molecule has 1 N–H and O–H groups in total. The van der Waals surface area contributed by atoms with Crippen LogP contribution in [0.3, 0.4) is 0 Å². The second-order valence-electron chi connectivity index (χ2n) is 7.47. The summed E-state index contributed by atoms with van der Waals surface area (Å²) in [6, 6.07) is 0. The first-order valence-corrected chi connectivity index (χ1v) is 9.63. The van der Waals surface area contributed by atoms with Crippen LogP contribution in [0.1, 0.15) is 30.1 Å². The molecule has 150 valence electrons. The molecule has 1 fully saturated rings. The van der Waals surface area contributed by atoms with E-state index >= 15 is 0 Å². The van der Waals surface area contributed by atoms with E-state index in [4.69, 9.17) is 4.74 Å². The third kappa shape index (κ3) is 3.09. The Balaban J connectivity index is 1.52. The molecule has 2 aromatic rings. The third-order valence-corrected chi connectivity index (χ3v) is 6.00. The molecule has 0 unspecified atom stereocenters. The first kappa shape index (κ1) is 18.7. The van der Waals surface area contributed by atoms with E-state index in [0.717, 1.165) is 23.6 Å². The summed E-state index contributed by atoms with van der Waals surface area (Å²) >= 11 is 0. The van der Waals surface area contributed by atoms with Crippen LogP contribution in [0.2, 0.25) is 0 Å². The van der Waals surface area contributed by atoms with E-state index in [9.17, 15) is 9.59 Å². The van der Waals surface area contributed by atoms with Gasteiger partial charge < -0.3 is 24.1 Å². The van der Waals surface area contributed by atoms with Gasteiger partial charge in [-0.05, 0) is 19.8 Å². The van der Waals surface area contributed by atoms with Gasteiger partial charge in [-0.3, -0.25) is 9.59 Å². The summed E-state index contributed by atoms with van der Waals surface area (Å²) in [6.45, 7) is 4.06. The van der Waals surface area contributed by atoms with Gasteiger partial charge in [-0.1, -0.05) is 0 Å². The summed E-state index contributed by atoms with van der Waals surface area (Å²) in [5, 5.41) is 0. The second-order valence-corrected chi connectivity index (χ2v) is 7.47. The first-order chi connectivity index (χ1) is 13.5. The Labute approximate surface area is 163 Å². The van der Waals surface area contributed by atoms with Crippen LogP contribution in [0.15, 0.2) is 18.7 Å². The molecule has 4 heterocycles. The molecule has 9 nitrogen and oxygen atoms in total. The van der Waals surface area contributed by atoms with Gasteiger partial charge in [0.2, 0.25) is 11.8 Å². The maximum absolute atomic E-state index is 12.8. The van der Waals surface area contributed by atoms with E-state index in [1.807, 2.05) is 27.5 Å². The van der Waals surface area contributed by atoms with Gasteiger partial charge in [-0.15, -0.1) is 0 Å². The Morgan fingerprint density at radius 3 is 2.68 bits per heavy atom. The molecule has 0 aliphatic carbocycles. The van der Waals surface area contributed by atoms with Gasteiger partial charge in [-0.25, -0.2) is 9.97 Å². The number of amides is 2. The number of imidazole rings is 2. The average molecular weight is 386 g/mol. The number of ether oxygens (including phenoxy) is 1. The highest BCUT2D eigenvalue weighted by Gasteiger charge is 2.49. The van der Waals surface area contributed by atoms with Crippen LogP contribution in [-0.4, -0.2) is 74.5 Å². The zero-order valence-corrected chi connectivity index (χ0v) is 16.3. The first-order valence-electron chi connectivity index (χ1n) is 9.63. The standard InChI is InChI=1S/C19H26N6O3/c1-14-20-6-10-24(14)11-16(26)23-8-4-19(5-9-23)18-15(21-13-22-18)3-7-25(19)17(27)12-28-2/h6,10,13H,3-5,7-9,11-12H2,1-2H3,(H,21,22). The minimum atomic E-state index is -0.467. The van der Waals surface area contributed by atoms with Gasteiger partial charge in [0.15, 0.2) is 0 Å². The lowest BCUT2D eigenvalue weighted by molar-refractivity contribution is -0.148. The maximum Gasteiger partial charge on any atom is 0.249 e. The topological polar surface area (TPSA) is 96.4 Å². The number of rotatable bonds is 4. The third-order valence-electron chi connectivity index (χ3n) is 6.00. The van der Waals surface area contributed by atoms with Crippen molar-refractivity contribution in [1.82, 2.24) is 29.3 Å². The smallest absolute Gasteiger partial charge is 0.249 e. The highest BCUT2D eigenvalue weighted by Crippen LogP contribution is 2.42. The maximum atomic E-state index is 12.8. The van der Waals surface area contributed by atoms with Gasteiger partial charge >= 0.3 is 0 Å². The molecule has 0 atom stereocenters. The summed E-state index contributed by atoms with van der Waals surface area (Å²) in [5.41, 5.74) is 1.57. The Hall–Kier alpha value is -2.68. The molecular weight excluding hydrogens is 360 g/mol. The zero-order valence-electron chi connectivity index (χ0n) is 16.3. The SMILES string of the molecule is COCC(=O)N1CCc2[nH]cnc2C12CCN(C(=O)Cn1ccnc1C)CC2. The van der Waals surface area contributed by atoms with Crippen LogP contribution in [0.5, 0.6) is 0 Å². The molecule has 9 heteroatoms. The molecule has 1 saturated heterocycles.